The van der Waals surface area contributed by atoms with E-state index in [1.807, 2.05) is 36.5 Å². The molecule has 0 unspecified atom stereocenters. The average Bonchev–Trinajstić information content (AvgIpc) is 3.32. The first-order valence-electron chi connectivity index (χ1n) is 10.3. The topological polar surface area (TPSA) is 86.8 Å². The predicted octanol–water partition coefficient (Wildman–Crippen LogP) is 2.75. The van der Waals surface area contributed by atoms with Gasteiger partial charge in [-0.3, -0.25) is 4.57 Å². The zero-order chi connectivity index (χ0) is 21.4. The molecule has 1 fully saturated rings. The molecule has 0 atom stereocenters. The van der Waals surface area contributed by atoms with Crippen molar-refractivity contribution in [1.82, 2.24) is 24.1 Å². The number of ether oxygens (including phenoxy) is 2. The molecule has 9 heteroatoms. The fourth-order valence-electron chi connectivity index (χ4n) is 4.13. The third-order valence-corrected chi connectivity index (χ3v) is 5.95. The summed E-state index contributed by atoms with van der Waals surface area (Å²) in [6.07, 6.45) is 5.19. The SMILES string of the molecule is C.COc1ccc(Cn2c(=O)n3ncnc3c3cc(N(C)C4CCOCC4)cnc32)cc1. The molecule has 3 aromatic heterocycles. The minimum atomic E-state index is -0.270. The van der Waals surface area contributed by atoms with Crippen LogP contribution in [0, 0.1) is 0 Å². The van der Waals surface area contributed by atoms with Crippen LogP contribution in [-0.4, -0.2) is 57.6 Å². The van der Waals surface area contributed by atoms with Gasteiger partial charge in [0.2, 0.25) is 0 Å². The normalized spacial score (nSPS) is 14.4. The summed E-state index contributed by atoms with van der Waals surface area (Å²) in [7, 11) is 3.71. The smallest absolute Gasteiger partial charge is 0.352 e. The number of nitrogens with zero attached hydrogens (tertiary/aromatic N) is 6. The standard InChI is InChI=1S/C22H24N6O3.CH4/c1-26(16-7-9-31-10-8-16)17-11-19-20(23-12-17)27(22(29)28-21(19)24-14-25-28)13-15-3-5-18(30-2)6-4-15;/h3-6,11-12,14,16H,7-10,13H2,1-2H3;1H4. The van der Waals surface area contributed by atoms with Crippen LogP contribution in [0.15, 0.2) is 47.7 Å². The second-order valence-corrected chi connectivity index (χ2v) is 7.73. The van der Waals surface area contributed by atoms with Crippen molar-refractivity contribution in [3.8, 4) is 5.75 Å². The summed E-state index contributed by atoms with van der Waals surface area (Å²) in [6, 6.07) is 10.1. The number of hydrogen-bond donors (Lipinski definition) is 0. The zero-order valence-electron chi connectivity index (χ0n) is 17.6. The molecule has 4 heterocycles. The number of fused-ring (bicyclic) bond motifs is 3. The van der Waals surface area contributed by atoms with E-state index in [0.717, 1.165) is 48.4 Å². The maximum atomic E-state index is 13.1. The number of methoxy groups -OCH3 is 1. The lowest BCUT2D eigenvalue weighted by Crippen LogP contribution is -2.36. The van der Waals surface area contributed by atoms with Gasteiger partial charge in [-0.05, 0) is 36.6 Å². The summed E-state index contributed by atoms with van der Waals surface area (Å²) < 4.78 is 13.7. The lowest BCUT2D eigenvalue weighted by molar-refractivity contribution is 0.0855. The summed E-state index contributed by atoms with van der Waals surface area (Å²) in [4.78, 5) is 24.4. The molecule has 32 heavy (non-hydrogen) atoms. The molecule has 0 amide bonds. The average molecular weight is 437 g/mol. The van der Waals surface area contributed by atoms with Crippen molar-refractivity contribution in [1.29, 1.82) is 0 Å². The highest BCUT2D eigenvalue weighted by atomic mass is 16.5. The van der Waals surface area contributed by atoms with Gasteiger partial charge in [-0.1, -0.05) is 19.6 Å². The van der Waals surface area contributed by atoms with E-state index in [1.165, 1.54) is 10.8 Å². The minimum Gasteiger partial charge on any atom is -0.497 e. The van der Waals surface area contributed by atoms with Gasteiger partial charge in [-0.2, -0.15) is 9.61 Å². The molecular weight excluding hydrogens is 408 g/mol. The number of benzene rings is 1. The van der Waals surface area contributed by atoms with Gasteiger partial charge in [0.25, 0.3) is 0 Å². The van der Waals surface area contributed by atoms with Crippen molar-refractivity contribution in [3.05, 3.63) is 58.9 Å². The monoisotopic (exact) mass is 436 g/mol. The number of hydrogen-bond acceptors (Lipinski definition) is 7. The fraction of sp³-hybridized carbons (Fsp3) is 0.391. The second kappa shape index (κ2) is 8.96. The summed E-state index contributed by atoms with van der Waals surface area (Å²) >= 11 is 0. The second-order valence-electron chi connectivity index (χ2n) is 7.73. The number of aromatic nitrogens is 5. The van der Waals surface area contributed by atoms with Crippen molar-refractivity contribution in [2.24, 2.45) is 0 Å². The van der Waals surface area contributed by atoms with E-state index >= 15 is 0 Å². The van der Waals surface area contributed by atoms with Crippen LogP contribution in [0.1, 0.15) is 25.8 Å². The Morgan fingerprint density at radius 1 is 1.16 bits per heavy atom. The van der Waals surface area contributed by atoms with Gasteiger partial charge < -0.3 is 14.4 Å². The van der Waals surface area contributed by atoms with Crippen LogP contribution < -0.4 is 15.3 Å². The first kappa shape index (κ1) is 21.8. The molecule has 0 spiro atoms. The van der Waals surface area contributed by atoms with E-state index in [4.69, 9.17) is 14.5 Å². The van der Waals surface area contributed by atoms with Crippen molar-refractivity contribution < 1.29 is 9.47 Å². The molecule has 0 bridgehead atoms. The summed E-state index contributed by atoms with van der Waals surface area (Å²) in [6.45, 7) is 1.91. The molecule has 1 aliphatic rings. The Morgan fingerprint density at radius 3 is 2.62 bits per heavy atom. The molecule has 168 valence electrons. The van der Waals surface area contributed by atoms with E-state index < -0.39 is 0 Å². The molecular formula is C23H28N6O3. The van der Waals surface area contributed by atoms with Gasteiger partial charge in [0, 0.05) is 26.3 Å². The zero-order valence-corrected chi connectivity index (χ0v) is 17.6. The molecule has 1 aliphatic heterocycles. The minimum absolute atomic E-state index is 0. The Labute approximate surface area is 186 Å². The van der Waals surface area contributed by atoms with Crippen LogP contribution >= 0.6 is 0 Å². The lowest BCUT2D eigenvalue weighted by Gasteiger charge is -2.32. The van der Waals surface area contributed by atoms with Crippen LogP contribution in [0.2, 0.25) is 0 Å². The van der Waals surface area contributed by atoms with Crippen LogP contribution in [0.5, 0.6) is 5.75 Å². The van der Waals surface area contributed by atoms with Crippen LogP contribution in [0.4, 0.5) is 5.69 Å². The van der Waals surface area contributed by atoms with E-state index in [2.05, 4.69) is 22.0 Å². The van der Waals surface area contributed by atoms with E-state index in [1.54, 1.807) is 11.7 Å². The Balaban J connectivity index is 0.00000245. The number of pyridine rings is 1. The Hall–Kier alpha value is -3.46. The van der Waals surface area contributed by atoms with Crippen LogP contribution in [0.25, 0.3) is 16.7 Å². The first-order chi connectivity index (χ1) is 15.2. The van der Waals surface area contributed by atoms with Crippen LogP contribution in [0.3, 0.4) is 0 Å². The van der Waals surface area contributed by atoms with Crippen molar-refractivity contribution in [2.45, 2.75) is 32.9 Å². The molecule has 1 saturated heterocycles. The maximum Gasteiger partial charge on any atom is 0.352 e. The molecule has 0 N–H and O–H groups in total. The highest BCUT2D eigenvalue weighted by molar-refractivity contribution is 5.91. The Morgan fingerprint density at radius 2 is 1.91 bits per heavy atom. The third kappa shape index (κ3) is 3.80. The quantitative estimate of drug-likeness (QED) is 0.475. The van der Waals surface area contributed by atoms with Gasteiger partial charge in [0.1, 0.15) is 17.7 Å². The number of rotatable bonds is 5. The Bertz CT molecular complexity index is 1270. The van der Waals surface area contributed by atoms with E-state index in [9.17, 15) is 4.79 Å². The Kier molecular flexibility index (Phi) is 6.09. The largest absolute Gasteiger partial charge is 0.497 e. The van der Waals surface area contributed by atoms with Crippen molar-refractivity contribution >= 4 is 22.4 Å². The lowest BCUT2D eigenvalue weighted by atomic mass is 10.1. The predicted molar refractivity (Wildman–Crippen MR) is 124 cm³/mol. The fourth-order valence-corrected chi connectivity index (χ4v) is 4.13. The summed E-state index contributed by atoms with van der Waals surface area (Å²) in [5.41, 5.74) is 2.79. The molecule has 1 aromatic carbocycles. The molecule has 0 radical (unpaired) electrons. The molecule has 0 saturated carbocycles. The van der Waals surface area contributed by atoms with Gasteiger partial charge in [0.15, 0.2) is 5.65 Å². The van der Waals surface area contributed by atoms with Gasteiger partial charge >= 0.3 is 5.69 Å². The van der Waals surface area contributed by atoms with Crippen LogP contribution in [-0.2, 0) is 11.3 Å². The van der Waals surface area contributed by atoms with E-state index in [-0.39, 0.29) is 13.1 Å². The molecule has 5 rings (SSSR count). The van der Waals surface area contributed by atoms with Gasteiger partial charge in [-0.25, -0.2) is 14.8 Å². The molecule has 0 aliphatic carbocycles. The highest BCUT2D eigenvalue weighted by Crippen LogP contribution is 2.25. The number of anilines is 1. The van der Waals surface area contributed by atoms with Gasteiger partial charge in [-0.15, -0.1) is 0 Å². The molecule has 9 nitrogen and oxygen atoms in total. The van der Waals surface area contributed by atoms with Crippen molar-refractivity contribution in [3.63, 3.8) is 0 Å². The highest BCUT2D eigenvalue weighted by Gasteiger charge is 2.21. The first-order valence-corrected chi connectivity index (χ1v) is 10.3. The summed E-state index contributed by atoms with van der Waals surface area (Å²) in [5, 5.41) is 4.95. The molecule has 4 aromatic rings. The maximum absolute atomic E-state index is 13.1. The van der Waals surface area contributed by atoms with Gasteiger partial charge in [0.05, 0.1) is 30.9 Å². The third-order valence-electron chi connectivity index (χ3n) is 5.95. The van der Waals surface area contributed by atoms with Crippen molar-refractivity contribution in [2.75, 3.05) is 32.3 Å². The summed E-state index contributed by atoms with van der Waals surface area (Å²) in [5.74, 6) is 0.770. The van der Waals surface area contributed by atoms with E-state index in [0.29, 0.717) is 23.9 Å².